The minimum Gasteiger partial charge on any atom is -0.356 e. The first-order chi connectivity index (χ1) is 8.58. The van der Waals surface area contributed by atoms with Gasteiger partial charge in [-0.1, -0.05) is 20.3 Å². The van der Waals surface area contributed by atoms with Gasteiger partial charge in [0.2, 0.25) is 0 Å². The van der Waals surface area contributed by atoms with E-state index in [4.69, 9.17) is 15.2 Å². The van der Waals surface area contributed by atoms with Crippen molar-refractivity contribution in [3.05, 3.63) is 0 Å². The van der Waals surface area contributed by atoms with Crippen LogP contribution < -0.4 is 5.73 Å². The van der Waals surface area contributed by atoms with Crippen LogP contribution in [-0.2, 0) is 9.47 Å². The maximum Gasteiger partial charge on any atom is 0.158 e. The van der Waals surface area contributed by atoms with Gasteiger partial charge in [0.25, 0.3) is 0 Å². The van der Waals surface area contributed by atoms with E-state index < -0.39 is 0 Å². The third kappa shape index (κ3) is 4.19. The molecule has 1 aliphatic rings. The fourth-order valence-electron chi connectivity index (χ4n) is 2.69. The largest absolute Gasteiger partial charge is 0.356 e. The Morgan fingerprint density at radius 1 is 1.22 bits per heavy atom. The summed E-state index contributed by atoms with van der Waals surface area (Å²) in [5.74, 6) is 0. The van der Waals surface area contributed by atoms with E-state index in [2.05, 4.69) is 18.7 Å². The average molecular weight is 258 g/mol. The molecule has 108 valence electrons. The first kappa shape index (κ1) is 15.9. The minimum absolute atomic E-state index is 0.141. The van der Waals surface area contributed by atoms with Gasteiger partial charge in [-0.15, -0.1) is 0 Å². The van der Waals surface area contributed by atoms with Crippen LogP contribution in [0.25, 0.3) is 0 Å². The van der Waals surface area contributed by atoms with Crippen LogP contribution in [0.2, 0.25) is 0 Å². The van der Waals surface area contributed by atoms with E-state index in [1.807, 2.05) is 0 Å². The Kier molecular flexibility index (Phi) is 6.57. The molecule has 0 aromatic carbocycles. The van der Waals surface area contributed by atoms with Crippen molar-refractivity contribution in [3.63, 3.8) is 0 Å². The second-order valence-electron chi connectivity index (χ2n) is 5.73. The van der Waals surface area contributed by atoms with Gasteiger partial charge in [-0.05, 0) is 31.3 Å². The molecule has 0 aromatic heterocycles. The zero-order valence-electron chi connectivity index (χ0n) is 12.4. The molecular formula is C14H30N2O2. The molecule has 4 heteroatoms. The first-order valence-electron chi connectivity index (χ1n) is 7.08. The van der Waals surface area contributed by atoms with Crippen molar-refractivity contribution >= 4 is 0 Å². The predicted octanol–water partition coefficient (Wildman–Crippen LogP) is 1.83. The highest BCUT2D eigenvalue weighted by Crippen LogP contribution is 2.34. The van der Waals surface area contributed by atoms with Crippen LogP contribution in [0.3, 0.4) is 0 Å². The van der Waals surface area contributed by atoms with E-state index in [0.717, 1.165) is 19.5 Å². The van der Waals surface area contributed by atoms with Crippen LogP contribution in [0.4, 0.5) is 0 Å². The molecule has 0 amide bonds. The second kappa shape index (κ2) is 7.43. The van der Waals surface area contributed by atoms with Crippen LogP contribution in [0.1, 0.15) is 39.5 Å². The summed E-state index contributed by atoms with van der Waals surface area (Å²) in [6.07, 6.45) is 4.52. The van der Waals surface area contributed by atoms with Gasteiger partial charge in [-0.2, -0.15) is 0 Å². The Morgan fingerprint density at radius 3 is 2.17 bits per heavy atom. The predicted molar refractivity (Wildman–Crippen MR) is 74.5 cm³/mol. The molecule has 1 fully saturated rings. The molecule has 0 spiro atoms. The van der Waals surface area contributed by atoms with Crippen molar-refractivity contribution in [2.24, 2.45) is 11.1 Å². The molecule has 0 bridgehead atoms. The highest BCUT2D eigenvalue weighted by molar-refractivity contribution is 4.85. The van der Waals surface area contributed by atoms with Crippen molar-refractivity contribution in [1.82, 2.24) is 4.90 Å². The number of rotatable bonds is 7. The zero-order valence-corrected chi connectivity index (χ0v) is 12.4. The Hall–Kier alpha value is -0.160. The molecule has 2 N–H and O–H groups in total. The van der Waals surface area contributed by atoms with Crippen molar-refractivity contribution in [2.75, 3.05) is 33.9 Å². The fraction of sp³-hybridized carbons (Fsp3) is 1.00. The summed E-state index contributed by atoms with van der Waals surface area (Å²) in [4.78, 5) is 2.50. The summed E-state index contributed by atoms with van der Waals surface area (Å²) < 4.78 is 10.6. The molecule has 0 aromatic rings. The molecular weight excluding hydrogens is 228 g/mol. The van der Waals surface area contributed by atoms with Crippen LogP contribution in [0.15, 0.2) is 0 Å². The summed E-state index contributed by atoms with van der Waals surface area (Å²) in [7, 11) is 3.37. The smallest absolute Gasteiger partial charge is 0.158 e. The summed E-state index contributed by atoms with van der Waals surface area (Å²) >= 11 is 0. The Morgan fingerprint density at radius 2 is 1.78 bits per heavy atom. The van der Waals surface area contributed by atoms with E-state index in [1.54, 1.807) is 14.2 Å². The van der Waals surface area contributed by atoms with Crippen molar-refractivity contribution in [3.8, 4) is 0 Å². The van der Waals surface area contributed by atoms with Gasteiger partial charge >= 0.3 is 0 Å². The molecule has 1 atom stereocenters. The van der Waals surface area contributed by atoms with Crippen LogP contribution in [0.5, 0.6) is 0 Å². The third-order valence-electron chi connectivity index (χ3n) is 4.64. The molecule has 1 heterocycles. The second-order valence-corrected chi connectivity index (χ2v) is 5.73. The van der Waals surface area contributed by atoms with E-state index in [9.17, 15) is 0 Å². The molecule has 0 radical (unpaired) electrons. The van der Waals surface area contributed by atoms with Gasteiger partial charge in [0.1, 0.15) is 0 Å². The van der Waals surface area contributed by atoms with Crippen LogP contribution in [-0.4, -0.2) is 51.1 Å². The van der Waals surface area contributed by atoms with Crippen molar-refractivity contribution in [1.29, 1.82) is 0 Å². The highest BCUT2D eigenvalue weighted by atomic mass is 16.7. The molecule has 1 aliphatic heterocycles. The normalized spacial score (nSPS) is 22.3. The van der Waals surface area contributed by atoms with Crippen molar-refractivity contribution < 1.29 is 9.47 Å². The number of piperidine rings is 1. The number of ether oxygens (including phenoxy) is 2. The number of nitrogens with two attached hydrogens (primary N) is 1. The highest BCUT2D eigenvalue weighted by Gasteiger charge is 2.31. The third-order valence-corrected chi connectivity index (χ3v) is 4.64. The van der Waals surface area contributed by atoms with Crippen LogP contribution in [0, 0.1) is 5.41 Å². The number of hydrogen-bond donors (Lipinski definition) is 1. The average Bonchev–Trinajstić information content (AvgIpc) is 2.42. The monoisotopic (exact) mass is 258 g/mol. The van der Waals surface area contributed by atoms with Gasteiger partial charge in [0.05, 0.1) is 0 Å². The Labute approximate surface area is 112 Å². The standard InChI is InChI=1S/C14H30N2O2/c1-5-14(2)6-8-16(9-7-14)12(11-15)10-13(17-3)18-4/h12-13H,5-11,15H2,1-4H3. The molecule has 0 saturated carbocycles. The van der Waals surface area contributed by atoms with Crippen LogP contribution >= 0.6 is 0 Å². The number of methoxy groups -OCH3 is 2. The molecule has 0 aliphatic carbocycles. The SMILES string of the molecule is CCC1(C)CCN(C(CN)CC(OC)OC)CC1. The number of likely N-dealkylation sites (tertiary alicyclic amines) is 1. The van der Waals surface area contributed by atoms with Gasteiger partial charge in [0.15, 0.2) is 6.29 Å². The lowest BCUT2D eigenvalue weighted by Crippen LogP contribution is -2.48. The fourth-order valence-corrected chi connectivity index (χ4v) is 2.69. The van der Waals surface area contributed by atoms with Gasteiger partial charge in [-0.25, -0.2) is 0 Å². The Bertz CT molecular complexity index is 224. The summed E-state index contributed by atoms with van der Waals surface area (Å²) in [6, 6.07) is 0.372. The number of hydrogen-bond acceptors (Lipinski definition) is 4. The lowest BCUT2D eigenvalue weighted by atomic mass is 9.78. The zero-order chi connectivity index (χ0) is 13.6. The molecule has 1 rings (SSSR count). The first-order valence-corrected chi connectivity index (χ1v) is 7.08. The lowest BCUT2D eigenvalue weighted by Gasteiger charge is -2.42. The molecule has 18 heavy (non-hydrogen) atoms. The van der Waals surface area contributed by atoms with Crippen molar-refractivity contribution in [2.45, 2.75) is 51.9 Å². The maximum atomic E-state index is 5.91. The van der Waals surface area contributed by atoms with Gasteiger partial charge in [-0.3, -0.25) is 4.90 Å². The van der Waals surface area contributed by atoms with E-state index in [0.29, 0.717) is 18.0 Å². The van der Waals surface area contributed by atoms with E-state index in [1.165, 1.54) is 19.3 Å². The molecule has 1 saturated heterocycles. The Balaban J connectivity index is 2.47. The molecule has 1 unspecified atom stereocenters. The van der Waals surface area contributed by atoms with E-state index in [-0.39, 0.29) is 6.29 Å². The topological polar surface area (TPSA) is 47.7 Å². The molecule has 4 nitrogen and oxygen atoms in total. The summed E-state index contributed by atoms with van der Waals surface area (Å²) in [5, 5.41) is 0. The summed E-state index contributed by atoms with van der Waals surface area (Å²) in [5.41, 5.74) is 6.43. The number of nitrogens with zero attached hydrogens (tertiary/aromatic N) is 1. The van der Waals surface area contributed by atoms with E-state index >= 15 is 0 Å². The summed E-state index contributed by atoms with van der Waals surface area (Å²) in [6.45, 7) is 7.65. The van der Waals surface area contributed by atoms with Gasteiger partial charge in [0, 0.05) is 33.2 Å². The lowest BCUT2D eigenvalue weighted by molar-refractivity contribution is -0.118. The minimum atomic E-state index is -0.141. The quantitative estimate of drug-likeness (QED) is 0.708. The van der Waals surface area contributed by atoms with Gasteiger partial charge < -0.3 is 15.2 Å². The maximum absolute atomic E-state index is 5.91.